The van der Waals surface area contributed by atoms with E-state index in [1.165, 1.54) is 23.1 Å². The molecule has 0 radical (unpaired) electrons. The van der Waals surface area contributed by atoms with Gasteiger partial charge >= 0.3 is 6.18 Å². The van der Waals surface area contributed by atoms with Crippen molar-refractivity contribution in [2.75, 3.05) is 25.0 Å². The maximum absolute atomic E-state index is 13.0. The van der Waals surface area contributed by atoms with Crippen molar-refractivity contribution in [3.8, 4) is 6.07 Å². The van der Waals surface area contributed by atoms with Crippen LogP contribution in [0.5, 0.6) is 0 Å². The number of carbonyl (C=O) groups excluding carboxylic acids is 2. The van der Waals surface area contributed by atoms with Crippen LogP contribution in [-0.4, -0.2) is 41.9 Å². The molecule has 9 heteroatoms. The van der Waals surface area contributed by atoms with Gasteiger partial charge in [-0.25, -0.2) is 0 Å². The second-order valence-electron chi connectivity index (χ2n) is 7.03. The molecule has 0 aromatic heterocycles. The second kappa shape index (κ2) is 8.61. The van der Waals surface area contributed by atoms with Gasteiger partial charge in [-0.05, 0) is 44.4 Å². The Morgan fingerprint density at radius 3 is 2.36 bits per heavy atom. The number of halogens is 3. The Labute approximate surface area is 161 Å². The van der Waals surface area contributed by atoms with E-state index < -0.39 is 29.1 Å². The Morgan fingerprint density at radius 2 is 1.82 bits per heavy atom. The van der Waals surface area contributed by atoms with Crippen molar-refractivity contribution in [1.82, 2.24) is 10.2 Å². The molecule has 28 heavy (non-hydrogen) atoms. The number of rotatable bonds is 8. The number of hydrogen-bond donors (Lipinski definition) is 2. The van der Waals surface area contributed by atoms with Crippen molar-refractivity contribution in [2.45, 2.75) is 38.4 Å². The summed E-state index contributed by atoms with van der Waals surface area (Å²) in [5, 5.41) is 14.3. The molecule has 0 bridgehead atoms. The lowest BCUT2D eigenvalue weighted by atomic mass is 9.98. The molecule has 0 aliphatic heterocycles. The molecule has 1 aromatic carbocycles. The molecule has 1 aliphatic rings. The normalized spacial score (nSPS) is 16.2. The van der Waals surface area contributed by atoms with Crippen molar-refractivity contribution in [1.29, 1.82) is 5.26 Å². The first kappa shape index (κ1) is 21.7. The highest BCUT2D eigenvalue weighted by Crippen LogP contribution is 2.39. The Bertz CT molecular complexity index is 771. The summed E-state index contributed by atoms with van der Waals surface area (Å²) in [5.74, 6) is -0.934. The number of nitriles is 1. The number of alkyl halides is 3. The van der Waals surface area contributed by atoms with Gasteiger partial charge in [0.2, 0.25) is 11.8 Å². The topological polar surface area (TPSA) is 85.2 Å². The number of amides is 2. The molecule has 2 N–H and O–H groups in total. The molecule has 1 fully saturated rings. The van der Waals surface area contributed by atoms with Gasteiger partial charge in [-0.15, -0.1) is 0 Å². The van der Waals surface area contributed by atoms with Crippen molar-refractivity contribution in [3.05, 3.63) is 29.8 Å². The van der Waals surface area contributed by atoms with Crippen LogP contribution in [0.25, 0.3) is 0 Å². The summed E-state index contributed by atoms with van der Waals surface area (Å²) in [5.41, 5.74) is -2.20. The van der Waals surface area contributed by atoms with E-state index in [1.807, 2.05) is 0 Å². The molecule has 6 nitrogen and oxygen atoms in total. The van der Waals surface area contributed by atoms with Gasteiger partial charge in [-0.3, -0.25) is 14.5 Å². The molecule has 1 aliphatic carbocycles. The van der Waals surface area contributed by atoms with E-state index in [4.69, 9.17) is 0 Å². The van der Waals surface area contributed by atoms with Gasteiger partial charge in [0.15, 0.2) is 0 Å². The van der Waals surface area contributed by atoms with Crippen LogP contribution in [0.4, 0.5) is 18.9 Å². The number of carbonyl (C=O) groups is 2. The summed E-state index contributed by atoms with van der Waals surface area (Å²) in [6.45, 7) is 3.36. The number of anilines is 1. The highest BCUT2D eigenvalue weighted by molar-refractivity contribution is 5.93. The largest absolute Gasteiger partial charge is 0.418 e. The van der Waals surface area contributed by atoms with E-state index in [1.54, 1.807) is 13.8 Å². The lowest BCUT2D eigenvalue weighted by Crippen LogP contribution is -2.51. The lowest BCUT2D eigenvalue weighted by Gasteiger charge is -2.25. The highest BCUT2D eigenvalue weighted by atomic mass is 19.4. The predicted molar refractivity (Wildman–Crippen MR) is 97.1 cm³/mol. The van der Waals surface area contributed by atoms with Gasteiger partial charge in [0.1, 0.15) is 5.54 Å². The first-order chi connectivity index (χ1) is 13.1. The zero-order valence-corrected chi connectivity index (χ0v) is 15.8. The number of benzene rings is 1. The summed E-state index contributed by atoms with van der Waals surface area (Å²) in [4.78, 5) is 25.9. The molecule has 0 spiro atoms. The van der Waals surface area contributed by atoms with Crippen LogP contribution in [0.1, 0.15) is 32.3 Å². The van der Waals surface area contributed by atoms with Gasteiger partial charge in [-0.2, -0.15) is 18.4 Å². The molecular formula is C19H23F3N4O2. The van der Waals surface area contributed by atoms with Crippen LogP contribution in [-0.2, 0) is 15.8 Å². The zero-order chi connectivity index (χ0) is 20.9. The summed E-state index contributed by atoms with van der Waals surface area (Å²) in [6.07, 6.45) is -2.83. The van der Waals surface area contributed by atoms with E-state index in [2.05, 4.69) is 16.7 Å². The molecule has 1 atom stereocenters. The summed E-state index contributed by atoms with van der Waals surface area (Å²) in [6, 6.07) is 6.83. The van der Waals surface area contributed by atoms with E-state index in [9.17, 15) is 28.0 Å². The third-order valence-corrected chi connectivity index (χ3v) is 4.71. The van der Waals surface area contributed by atoms with Crippen molar-refractivity contribution in [2.24, 2.45) is 5.92 Å². The van der Waals surface area contributed by atoms with Crippen LogP contribution in [0.15, 0.2) is 24.3 Å². The van der Waals surface area contributed by atoms with Crippen molar-refractivity contribution >= 4 is 17.5 Å². The second-order valence-corrected chi connectivity index (χ2v) is 7.03. The molecule has 0 saturated heterocycles. The Balaban J connectivity index is 1.95. The number of para-hydroxylation sites is 1. The number of nitrogens with one attached hydrogen (secondary N) is 2. The van der Waals surface area contributed by atoms with Crippen LogP contribution in [0.2, 0.25) is 0 Å². The Hall–Kier alpha value is -2.60. The molecule has 1 aromatic rings. The maximum Gasteiger partial charge on any atom is 0.418 e. The lowest BCUT2D eigenvalue weighted by molar-refractivity contribution is -0.137. The van der Waals surface area contributed by atoms with E-state index in [0.29, 0.717) is 6.54 Å². The average Bonchev–Trinajstić information content (AvgIpc) is 3.46. The molecule has 2 amide bonds. The highest BCUT2D eigenvalue weighted by Gasteiger charge is 2.43. The smallest absolute Gasteiger partial charge is 0.337 e. The van der Waals surface area contributed by atoms with Crippen molar-refractivity contribution in [3.63, 3.8) is 0 Å². The monoisotopic (exact) mass is 396 g/mol. The summed E-state index contributed by atoms with van der Waals surface area (Å²) in [7, 11) is 0. The number of hydrogen-bond acceptors (Lipinski definition) is 4. The third-order valence-electron chi connectivity index (χ3n) is 4.71. The number of nitrogens with zero attached hydrogens (tertiary/aromatic N) is 2. The molecule has 152 valence electrons. The van der Waals surface area contributed by atoms with Crippen LogP contribution >= 0.6 is 0 Å². The zero-order valence-electron chi connectivity index (χ0n) is 15.8. The summed E-state index contributed by atoms with van der Waals surface area (Å²) >= 11 is 0. The average molecular weight is 396 g/mol. The van der Waals surface area contributed by atoms with Gasteiger partial charge in [0, 0.05) is 0 Å². The van der Waals surface area contributed by atoms with Crippen LogP contribution in [0, 0.1) is 17.2 Å². The fourth-order valence-corrected chi connectivity index (χ4v) is 2.93. The minimum atomic E-state index is -4.58. The van der Waals surface area contributed by atoms with Crippen LogP contribution in [0.3, 0.4) is 0 Å². The maximum atomic E-state index is 13.0. The molecule has 0 heterocycles. The first-order valence-corrected chi connectivity index (χ1v) is 8.99. The van der Waals surface area contributed by atoms with E-state index in [-0.39, 0.29) is 24.7 Å². The Kier molecular flexibility index (Phi) is 6.67. The molecule has 0 unspecified atom stereocenters. The standard InChI is InChI=1S/C19H23F3N4O2/c1-3-26(11-17(28)25-18(2,12-23)13-8-9-13)10-16(27)24-15-7-5-4-6-14(15)19(20,21)22/h4-7,13H,3,8-11H2,1-2H3,(H,24,27)(H,25,28)/t18-/m1/s1. The molecule has 1 saturated carbocycles. The van der Waals surface area contributed by atoms with Gasteiger partial charge < -0.3 is 10.6 Å². The van der Waals surface area contributed by atoms with Gasteiger partial charge in [0.25, 0.3) is 0 Å². The molecular weight excluding hydrogens is 373 g/mol. The quantitative estimate of drug-likeness (QED) is 0.708. The van der Waals surface area contributed by atoms with Gasteiger partial charge in [0.05, 0.1) is 30.4 Å². The van der Waals surface area contributed by atoms with Crippen molar-refractivity contribution < 1.29 is 22.8 Å². The minimum Gasteiger partial charge on any atom is -0.337 e. The predicted octanol–water partition coefficient (Wildman–Crippen LogP) is 2.77. The fraction of sp³-hybridized carbons (Fsp3) is 0.526. The number of likely N-dealkylation sites (N-methyl/N-ethyl adjacent to an activating group) is 1. The molecule has 2 rings (SSSR count). The summed E-state index contributed by atoms with van der Waals surface area (Å²) < 4.78 is 39.1. The minimum absolute atomic E-state index is 0.124. The van der Waals surface area contributed by atoms with Crippen LogP contribution < -0.4 is 10.6 Å². The fourth-order valence-electron chi connectivity index (χ4n) is 2.93. The van der Waals surface area contributed by atoms with E-state index >= 15 is 0 Å². The first-order valence-electron chi connectivity index (χ1n) is 8.99. The third kappa shape index (κ3) is 5.70. The Morgan fingerprint density at radius 1 is 1.21 bits per heavy atom. The van der Waals surface area contributed by atoms with Gasteiger partial charge in [-0.1, -0.05) is 19.1 Å². The van der Waals surface area contributed by atoms with E-state index in [0.717, 1.165) is 18.9 Å². The SMILES string of the molecule is CCN(CC(=O)Nc1ccccc1C(F)(F)F)CC(=O)N[C@](C)(C#N)C1CC1.